The van der Waals surface area contributed by atoms with E-state index in [1.807, 2.05) is 25.3 Å². The number of aryl methyl sites for hydroxylation is 1. The molecule has 0 atom stereocenters. The van der Waals surface area contributed by atoms with Gasteiger partial charge in [0, 0.05) is 4.88 Å². The van der Waals surface area contributed by atoms with Crippen LogP contribution in [-0.4, -0.2) is 7.85 Å². The van der Waals surface area contributed by atoms with Gasteiger partial charge < -0.3 is 0 Å². The largest absolute Gasteiger partial charge is 0.197 e. The van der Waals surface area contributed by atoms with Crippen LogP contribution in [0.4, 0.5) is 0 Å². The van der Waals surface area contributed by atoms with E-state index < -0.39 is 0 Å². The molecule has 0 N–H and O–H groups in total. The van der Waals surface area contributed by atoms with Crippen molar-refractivity contribution in [1.29, 1.82) is 0 Å². The lowest BCUT2D eigenvalue weighted by Gasteiger charge is -1.80. The van der Waals surface area contributed by atoms with E-state index in [2.05, 4.69) is 6.92 Å². The second-order valence-corrected chi connectivity index (χ2v) is 2.70. The van der Waals surface area contributed by atoms with Crippen molar-refractivity contribution >= 4 is 38.1 Å². The Morgan fingerprint density at radius 2 is 2.00 bits per heavy atom. The van der Waals surface area contributed by atoms with Crippen LogP contribution >= 0.6 is 24.8 Å². The maximum atomic E-state index is 5.46. The number of rotatable bonds is 1. The summed E-state index contributed by atoms with van der Waals surface area (Å²) >= 11 is 1.72. The minimum Gasteiger partial charge on any atom is -0.197 e. The lowest BCUT2D eigenvalue weighted by Crippen LogP contribution is -1.93. The van der Waals surface area contributed by atoms with E-state index in [1.54, 1.807) is 11.3 Å². The Balaban J connectivity index is 0. The molecule has 0 spiro atoms. The molecule has 0 aromatic carbocycles. The molecule has 0 aliphatic heterocycles. The SMILES string of the molecule is CC.S.[B]c1csc(CC)c1. The second-order valence-electron chi connectivity index (χ2n) is 1.70. The predicted molar refractivity (Wildman–Crippen MR) is 60.8 cm³/mol. The highest BCUT2D eigenvalue weighted by Crippen LogP contribution is 2.05. The van der Waals surface area contributed by atoms with Gasteiger partial charge >= 0.3 is 0 Å². The number of thiophene rings is 1. The van der Waals surface area contributed by atoms with Crippen molar-refractivity contribution in [1.82, 2.24) is 0 Å². The Morgan fingerprint density at radius 3 is 2.18 bits per heavy atom. The monoisotopic (exact) mass is 186 g/mol. The zero-order valence-electron chi connectivity index (χ0n) is 7.35. The van der Waals surface area contributed by atoms with E-state index in [0.717, 1.165) is 11.9 Å². The molecule has 0 aliphatic carbocycles. The maximum absolute atomic E-state index is 5.46. The van der Waals surface area contributed by atoms with Gasteiger partial charge in [-0.1, -0.05) is 32.3 Å². The average Bonchev–Trinajstić information content (AvgIpc) is 2.40. The van der Waals surface area contributed by atoms with Crippen molar-refractivity contribution in [3.05, 3.63) is 16.3 Å². The van der Waals surface area contributed by atoms with Crippen LogP contribution in [0.5, 0.6) is 0 Å². The third-order valence-corrected chi connectivity index (χ3v) is 2.12. The number of hydrogen-bond donors (Lipinski definition) is 0. The molecule has 1 rings (SSSR count). The molecule has 2 radical (unpaired) electrons. The smallest absolute Gasteiger partial charge is 0.114 e. The molecule has 0 amide bonds. The molecule has 1 aromatic rings. The molecule has 1 heterocycles. The molecular formula is C8H15BS2. The van der Waals surface area contributed by atoms with Gasteiger partial charge in [0.25, 0.3) is 0 Å². The average molecular weight is 186 g/mol. The van der Waals surface area contributed by atoms with E-state index in [4.69, 9.17) is 7.85 Å². The van der Waals surface area contributed by atoms with Crippen LogP contribution in [-0.2, 0) is 6.42 Å². The summed E-state index contributed by atoms with van der Waals surface area (Å²) in [5, 5.41) is 1.97. The molecule has 11 heavy (non-hydrogen) atoms. The van der Waals surface area contributed by atoms with Gasteiger partial charge in [-0.25, -0.2) is 0 Å². The quantitative estimate of drug-likeness (QED) is 0.590. The van der Waals surface area contributed by atoms with E-state index in [9.17, 15) is 0 Å². The van der Waals surface area contributed by atoms with Gasteiger partial charge in [-0.3, -0.25) is 0 Å². The fourth-order valence-corrected chi connectivity index (χ4v) is 1.31. The van der Waals surface area contributed by atoms with Crippen molar-refractivity contribution in [3.63, 3.8) is 0 Å². The van der Waals surface area contributed by atoms with Crippen LogP contribution in [0, 0.1) is 0 Å². The standard InChI is InChI=1S/C6H7BS.C2H6.H2S/c1-2-6-3-5(7)4-8-6;1-2;/h3-4H,2H2,1H3;1-2H3;1H2. The molecule has 0 fully saturated rings. The molecule has 1 aromatic heterocycles. The summed E-state index contributed by atoms with van der Waals surface area (Å²) in [6.07, 6.45) is 1.10. The Morgan fingerprint density at radius 1 is 1.45 bits per heavy atom. The number of hydrogen-bond acceptors (Lipinski definition) is 1. The summed E-state index contributed by atoms with van der Waals surface area (Å²) in [6, 6.07) is 2.02. The normalized spacial score (nSPS) is 7.55. The Bertz CT molecular complexity index is 172. The minimum absolute atomic E-state index is 0. The van der Waals surface area contributed by atoms with Crippen molar-refractivity contribution in [2.24, 2.45) is 0 Å². The third kappa shape index (κ3) is 5.39. The summed E-state index contributed by atoms with van der Waals surface area (Å²) in [5.41, 5.74) is 0.895. The van der Waals surface area contributed by atoms with Gasteiger partial charge in [0.15, 0.2) is 0 Å². The fraction of sp³-hybridized carbons (Fsp3) is 0.500. The summed E-state index contributed by atoms with van der Waals surface area (Å²) < 4.78 is 0. The molecule has 0 saturated heterocycles. The zero-order valence-corrected chi connectivity index (χ0v) is 9.16. The van der Waals surface area contributed by atoms with E-state index >= 15 is 0 Å². The summed E-state index contributed by atoms with van der Waals surface area (Å²) in [7, 11) is 5.46. The van der Waals surface area contributed by atoms with Crippen molar-refractivity contribution < 1.29 is 0 Å². The van der Waals surface area contributed by atoms with Crippen molar-refractivity contribution in [2.45, 2.75) is 27.2 Å². The Kier molecular flexibility index (Phi) is 10.2. The van der Waals surface area contributed by atoms with E-state index in [-0.39, 0.29) is 13.5 Å². The predicted octanol–water partition coefficient (Wildman–Crippen LogP) is 2.24. The van der Waals surface area contributed by atoms with E-state index in [1.165, 1.54) is 4.88 Å². The Labute approximate surface area is 81.9 Å². The fourth-order valence-electron chi connectivity index (χ4n) is 0.583. The first-order valence-corrected chi connectivity index (χ1v) is 4.53. The van der Waals surface area contributed by atoms with Gasteiger partial charge in [0.1, 0.15) is 7.85 Å². The van der Waals surface area contributed by atoms with E-state index in [0.29, 0.717) is 0 Å². The molecule has 0 bridgehead atoms. The lowest BCUT2D eigenvalue weighted by atomic mass is 10.0. The molecule has 62 valence electrons. The van der Waals surface area contributed by atoms with Gasteiger partial charge in [0.05, 0.1) is 0 Å². The summed E-state index contributed by atoms with van der Waals surface area (Å²) in [4.78, 5) is 1.36. The first-order chi connectivity index (χ1) is 4.83. The van der Waals surface area contributed by atoms with Crippen LogP contribution in [0.25, 0.3) is 0 Å². The van der Waals surface area contributed by atoms with Gasteiger partial charge in [-0.05, 0) is 11.8 Å². The molecule has 3 heteroatoms. The first kappa shape index (κ1) is 13.7. The van der Waals surface area contributed by atoms with Gasteiger partial charge in [0.2, 0.25) is 0 Å². The van der Waals surface area contributed by atoms with Crippen LogP contribution in [0.3, 0.4) is 0 Å². The molecule has 0 saturated carbocycles. The highest BCUT2D eigenvalue weighted by Gasteiger charge is 1.89. The topological polar surface area (TPSA) is 0 Å². The van der Waals surface area contributed by atoms with Crippen molar-refractivity contribution in [2.75, 3.05) is 0 Å². The lowest BCUT2D eigenvalue weighted by molar-refractivity contribution is 1.19. The van der Waals surface area contributed by atoms with Gasteiger partial charge in [-0.2, -0.15) is 13.5 Å². The van der Waals surface area contributed by atoms with Crippen LogP contribution in [0.2, 0.25) is 0 Å². The molecule has 0 aliphatic rings. The zero-order chi connectivity index (χ0) is 7.98. The molecule has 0 unspecified atom stereocenters. The highest BCUT2D eigenvalue weighted by molar-refractivity contribution is 7.59. The highest BCUT2D eigenvalue weighted by atomic mass is 32.1. The van der Waals surface area contributed by atoms with Crippen LogP contribution in [0.1, 0.15) is 25.6 Å². The maximum Gasteiger partial charge on any atom is 0.114 e. The van der Waals surface area contributed by atoms with Crippen molar-refractivity contribution in [3.8, 4) is 0 Å². The molecular weight excluding hydrogens is 171 g/mol. The molecule has 0 nitrogen and oxygen atoms in total. The second kappa shape index (κ2) is 8.21. The first-order valence-electron chi connectivity index (χ1n) is 3.66. The summed E-state index contributed by atoms with van der Waals surface area (Å²) in [5.74, 6) is 0. The minimum atomic E-state index is 0. The van der Waals surface area contributed by atoms with Crippen LogP contribution in [0.15, 0.2) is 11.4 Å². The van der Waals surface area contributed by atoms with Crippen LogP contribution < -0.4 is 5.46 Å². The third-order valence-electron chi connectivity index (χ3n) is 1.02. The van der Waals surface area contributed by atoms with Gasteiger partial charge in [-0.15, -0.1) is 11.3 Å². The Hall–Kier alpha value is 0.115. The summed E-state index contributed by atoms with van der Waals surface area (Å²) in [6.45, 7) is 6.13.